The van der Waals surface area contributed by atoms with Crippen LogP contribution in [0.1, 0.15) is 22.3 Å². The largest absolute Gasteiger partial charge is 0.491 e. The first-order valence-electron chi connectivity index (χ1n) is 16.1. The van der Waals surface area contributed by atoms with Gasteiger partial charge in [0.05, 0.1) is 31.8 Å². The number of fused-ring (bicyclic) bond motifs is 5. The zero-order valence-electron chi connectivity index (χ0n) is 26.5. The van der Waals surface area contributed by atoms with E-state index in [1.54, 1.807) is 12.2 Å². The molecular weight excluding hydrogens is 580 g/mol. The van der Waals surface area contributed by atoms with Crippen molar-refractivity contribution in [2.75, 3.05) is 39.6 Å². The molecule has 0 N–H and O–H groups in total. The average molecular weight is 619 g/mol. The van der Waals surface area contributed by atoms with E-state index in [-0.39, 0.29) is 0 Å². The summed E-state index contributed by atoms with van der Waals surface area (Å²) >= 11 is 0. The quantitative estimate of drug-likeness (QED) is 0.0899. The lowest BCUT2D eigenvalue weighted by atomic mass is 9.67. The first kappa shape index (κ1) is 30.5. The van der Waals surface area contributed by atoms with Gasteiger partial charge in [-0.1, -0.05) is 97.1 Å². The fourth-order valence-electron chi connectivity index (χ4n) is 6.89. The molecule has 0 bridgehead atoms. The van der Waals surface area contributed by atoms with Gasteiger partial charge in [0.15, 0.2) is 0 Å². The molecule has 0 spiro atoms. The Kier molecular flexibility index (Phi) is 8.87. The Balaban J connectivity index is 1.30. The molecule has 0 unspecified atom stereocenters. The van der Waals surface area contributed by atoms with Crippen molar-refractivity contribution in [3.8, 4) is 22.6 Å². The Bertz CT molecular complexity index is 1910. The van der Waals surface area contributed by atoms with Crippen molar-refractivity contribution in [3.05, 3.63) is 169 Å². The molecule has 0 saturated carbocycles. The van der Waals surface area contributed by atoms with Crippen LogP contribution in [-0.2, 0) is 14.9 Å². The Morgan fingerprint density at radius 1 is 0.468 bits per heavy atom. The maximum absolute atomic E-state index is 5.98. The molecule has 0 atom stereocenters. The second-order valence-electron chi connectivity index (χ2n) is 11.7. The van der Waals surface area contributed by atoms with E-state index in [1.807, 2.05) is 12.1 Å². The summed E-state index contributed by atoms with van der Waals surface area (Å²) in [4.78, 5) is 0. The highest BCUT2D eigenvalue weighted by Crippen LogP contribution is 2.56. The van der Waals surface area contributed by atoms with Crippen molar-refractivity contribution in [2.45, 2.75) is 5.41 Å². The van der Waals surface area contributed by atoms with Crippen molar-refractivity contribution < 1.29 is 18.9 Å². The molecule has 6 aromatic carbocycles. The van der Waals surface area contributed by atoms with E-state index < -0.39 is 5.41 Å². The van der Waals surface area contributed by atoms with Crippen molar-refractivity contribution in [1.29, 1.82) is 0 Å². The van der Waals surface area contributed by atoms with E-state index >= 15 is 0 Å². The highest BCUT2D eigenvalue weighted by molar-refractivity contribution is 5.92. The fraction of sp³-hybridized carbons (Fsp3) is 0.163. The third-order valence-corrected chi connectivity index (χ3v) is 8.91. The van der Waals surface area contributed by atoms with Crippen LogP contribution in [0, 0.1) is 0 Å². The Morgan fingerprint density at radius 2 is 0.894 bits per heavy atom. The third kappa shape index (κ3) is 5.83. The van der Waals surface area contributed by atoms with Crippen LogP contribution < -0.4 is 9.47 Å². The van der Waals surface area contributed by atoms with E-state index in [4.69, 9.17) is 18.9 Å². The second kappa shape index (κ2) is 13.7. The van der Waals surface area contributed by atoms with Gasteiger partial charge in [-0.25, -0.2) is 0 Å². The number of rotatable bonds is 14. The second-order valence-corrected chi connectivity index (χ2v) is 11.7. The molecule has 234 valence electrons. The van der Waals surface area contributed by atoms with Gasteiger partial charge in [0, 0.05) is 0 Å². The molecule has 0 heterocycles. The fourth-order valence-corrected chi connectivity index (χ4v) is 6.89. The van der Waals surface area contributed by atoms with E-state index in [1.165, 1.54) is 44.2 Å². The van der Waals surface area contributed by atoms with Crippen LogP contribution in [0.5, 0.6) is 11.5 Å². The normalized spacial score (nSPS) is 12.9. The van der Waals surface area contributed by atoms with E-state index in [9.17, 15) is 0 Å². The lowest BCUT2D eigenvalue weighted by Gasteiger charge is -2.34. The molecule has 0 aromatic heterocycles. The smallest absolute Gasteiger partial charge is 0.120 e. The van der Waals surface area contributed by atoms with Gasteiger partial charge >= 0.3 is 0 Å². The van der Waals surface area contributed by atoms with E-state index in [0.717, 1.165) is 22.3 Å². The SMILES string of the molecule is C=CCOCCOc1ccc2cc(C3(c4ccc5cc(OCCOCC=C)ccc5c4)c4ccccc4-c4ccccc43)ccc2c1. The topological polar surface area (TPSA) is 36.9 Å². The molecular formula is C43H38O4. The van der Waals surface area contributed by atoms with E-state index in [2.05, 4.69) is 122 Å². The summed E-state index contributed by atoms with van der Waals surface area (Å²) < 4.78 is 22.9. The molecule has 4 heteroatoms. The minimum absolute atomic E-state index is 0.494. The highest BCUT2D eigenvalue weighted by Gasteiger charge is 2.46. The Labute approximate surface area is 276 Å². The number of hydrogen-bond donors (Lipinski definition) is 0. The number of ether oxygens (including phenoxy) is 4. The summed E-state index contributed by atoms with van der Waals surface area (Å²) in [5, 5.41) is 4.60. The molecule has 0 fully saturated rings. The minimum Gasteiger partial charge on any atom is -0.491 e. The highest BCUT2D eigenvalue weighted by atomic mass is 16.5. The van der Waals surface area contributed by atoms with Gasteiger partial charge in [-0.05, 0) is 91.3 Å². The van der Waals surface area contributed by atoms with Gasteiger partial charge in [-0.15, -0.1) is 13.2 Å². The van der Waals surface area contributed by atoms with Gasteiger partial charge in [0.25, 0.3) is 0 Å². The van der Waals surface area contributed by atoms with Gasteiger partial charge in [0.1, 0.15) is 24.7 Å². The number of benzene rings is 6. The van der Waals surface area contributed by atoms with Crippen LogP contribution in [0.4, 0.5) is 0 Å². The molecule has 0 amide bonds. The molecule has 0 aliphatic heterocycles. The Hall–Kier alpha value is -5.16. The zero-order chi connectivity index (χ0) is 32.1. The summed E-state index contributed by atoms with van der Waals surface area (Å²) in [6, 6.07) is 44.0. The van der Waals surface area contributed by atoms with Crippen LogP contribution in [0.25, 0.3) is 32.7 Å². The van der Waals surface area contributed by atoms with Gasteiger partial charge < -0.3 is 18.9 Å². The summed E-state index contributed by atoms with van der Waals surface area (Å²) in [6.45, 7) is 10.5. The predicted molar refractivity (Wildman–Crippen MR) is 192 cm³/mol. The first-order valence-corrected chi connectivity index (χ1v) is 16.1. The summed E-state index contributed by atoms with van der Waals surface area (Å²) in [6.07, 6.45) is 3.49. The molecule has 0 saturated heterocycles. The third-order valence-electron chi connectivity index (χ3n) is 8.91. The molecule has 1 aliphatic rings. The summed E-state index contributed by atoms with van der Waals surface area (Å²) in [7, 11) is 0. The molecule has 7 rings (SSSR count). The summed E-state index contributed by atoms with van der Waals surface area (Å²) in [5.41, 5.74) is 7.09. The zero-order valence-corrected chi connectivity index (χ0v) is 26.5. The minimum atomic E-state index is -0.495. The maximum atomic E-state index is 5.98. The predicted octanol–water partition coefficient (Wildman–Crippen LogP) is 9.52. The molecule has 47 heavy (non-hydrogen) atoms. The average Bonchev–Trinajstić information content (AvgIpc) is 3.42. The lowest BCUT2D eigenvalue weighted by Crippen LogP contribution is -2.28. The monoisotopic (exact) mass is 618 g/mol. The van der Waals surface area contributed by atoms with Gasteiger partial charge in [-0.3, -0.25) is 0 Å². The van der Waals surface area contributed by atoms with Crippen LogP contribution in [-0.4, -0.2) is 39.6 Å². The number of hydrogen-bond acceptors (Lipinski definition) is 4. The van der Waals surface area contributed by atoms with Crippen molar-refractivity contribution in [2.24, 2.45) is 0 Å². The van der Waals surface area contributed by atoms with Crippen LogP contribution in [0.2, 0.25) is 0 Å². The van der Waals surface area contributed by atoms with Crippen LogP contribution >= 0.6 is 0 Å². The van der Waals surface area contributed by atoms with Crippen molar-refractivity contribution >= 4 is 21.5 Å². The summed E-state index contributed by atoms with van der Waals surface area (Å²) in [5.74, 6) is 1.67. The standard InChI is InChI=1S/C43H38O4/c1-3-21-44-23-25-46-37-19-15-31-27-35(17-13-33(31)29-37)43(41-11-7-5-9-39(41)40-10-6-8-12-42(40)43)36-18-14-34-30-38(20-16-32(34)28-36)47-26-24-45-22-4-2/h3-20,27-30H,1-2,21-26H2. The van der Waals surface area contributed by atoms with Gasteiger partial charge in [-0.2, -0.15) is 0 Å². The molecule has 0 radical (unpaired) electrons. The van der Waals surface area contributed by atoms with Crippen LogP contribution in [0.15, 0.2) is 147 Å². The maximum Gasteiger partial charge on any atom is 0.120 e. The Morgan fingerprint density at radius 3 is 1.36 bits per heavy atom. The van der Waals surface area contributed by atoms with Crippen LogP contribution in [0.3, 0.4) is 0 Å². The van der Waals surface area contributed by atoms with Crippen molar-refractivity contribution in [1.82, 2.24) is 0 Å². The molecule has 4 nitrogen and oxygen atoms in total. The molecule has 1 aliphatic carbocycles. The lowest BCUT2D eigenvalue weighted by molar-refractivity contribution is 0.121. The molecule has 6 aromatic rings. The first-order chi connectivity index (χ1) is 23.2. The van der Waals surface area contributed by atoms with Gasteiger partial charge in [0.2, 0.25) is 0 Å². The van der Waals surface area contributed by atoms with Crippen molar-refractivity contribution in [3.63, 3.8) is 0 Å². The van der Waals surface area contributed by atoms with E-state index in [0.29, 0.717) is 39.6 Å².